The van der Waals surface area contributed by atoms with Gasteiger partial charge in [-0.1, -0.05) is 75.3 Å². The third kappa shape index (κ3) is 37.9. The SMILES string of the molecule is C.C.CC1(C)Oc2ccc(CCC(=O)O)cc2O1.CCI.CO.COC(=O)CCc1ccc(O)c(O)c1.COC(=O)CCc1ccc2c(c1)OC(C)(C)O2.O=C(O)CCc1ccc(O)c(O)c1.O=S(Cl)Cl.[2H]CP.[Li+].[OH-]. The number of hydrogen-bond acceptors (Lipinski definition) is 17. The van der Waals surface area contributed by atoms with Gasteiger partial charge < -0.3 is 69.6 Å². The molecule has 75 heavy (non-hydrogen) atoms. The van der Waals surface area contributed by atoms with Crippen molar-refractivity contribution in [2.45, 2.75) is 112 Å². The molecule has 4 aromatic rings. The number of phenols is 4. The van der Waals surface area contributed by atoms with Gasteiger partial charge in [0.1, 0.15) is 0 Å². The molecule has 6 rings (SSSR count). The zero-order valence-electron chi connectivity index (χ0n) is 43.2. The van der Waals surface area contributed by atoms with E-state index in [1.54, 1.807) is 12.1 Å². The normalized spacial score (nSPS) is 11.6. The first-order valence-electron chi connectivity index (χ1n) is 21.8. The maximum absolute atomic E-state index is 11.0. The number of aliphatic carboxylic acids is 2. The summed E-state index contributed by atoms with van der Waals surface area (Å²) in [6.07, 6.45) is 2.77. The minimum atomic E-state index is -1.67. The summed E-state index contributed by atoms with van der Waals surface area (Å²) in [6.45, 7) is 9.93. The molecule has 0 fully saturated rings. The number of rotatable bonds is 12. The van der Waals surface area contributed by atoms with E-state index in [2.05, 4.69) is 69.6 Å². The number of carboxylic acid groups (broad SMARTS) is 2. The second-order valence-corrected chi connectivity index (χ2v) is 18.9. The predicted octanol–water partition coefficient (Wildman–Crippen LogP) is 7.51. The summed E-state index contributed by atoms with van der Waals surface area (Å²) in [5, 5.41) is 60.2. The molecule has 2 aliphatic rings. The molecule has 0 radical (unpaired) electrons. The number of carbonyl (C=O) groups is 4. The predicted molar refractivity (Wildman–Crippen MR) is 299 cm³/mol. The molecular weight excluding hydrogens is 1170 g/mol. The summed E-state index contributed by atoms with van der Waals surface area (Å²) in [5.41, 5.74) is 3.46. The number of benzene rings is 4. The Balaban J connectivity index is -0.000000198. The van der Waals surface area contributed by atoms with Crippen molar-refractivity contribution in [3.05, 3.63) is 95.1 Å². The van der Waals surface area contributed by atoms with Gasteiger partial charge in [0.15, 0.2) is 46.0 Å². The molecule has 19 nitrogen and oxygen atoms in total. The fraction of sp³-hybridized carbons (Fsp3) is 0.440. The molecule has 422 valence electrons. The molecule has 4 aromatic carbocycles. The van der Waals surface area contributed by atoms with E-state index in [0.717, 1.165) is 35.3 Å². The molecule has 2 aliphatic heterocycles. The van der Waals surface area contributed by atoms with Crippen LogP contribution in [0, 0.1) is 0 Å². The Morgan fingerprint density at radius 2 is 0.840 bits per heavy atom. The largest absolute Gasteiger partial charge is 1.00 e. The number of phenolic OH excluding ortho intramolecular Hbond substituents is 4. The van der Waals surface area contributed by atoms with E-state index in [9.17, 15) is 19.2 Å². The number of aromatic hydroxyl groups is 4. The summed E-state index contributed by atoms with van der Waals surface area (Å²) in [4.78, 5) is 42.5. The van der Waals surface area contributed by atoms with Crippen molar-refractivity contribution >= 4 is 86.3 Å². The number of aliphatic hydroxyl groups excluding tert-OH is 1. The zero-order chi connectivity index (χ0) is 55.6. The van der Waals surface area contributed by atoms with Crippen LogP contribution in [-0.2, 0) is 63.6 Å². The maximum Gasteiger partial charge on any atom is 1.00 e. The summed E-state index contributed by atoms with van der Waals surface area (Å²) >= 11 is 2.29. The average Bonchev–Trinajstić information content (AvgIpc) is 3.81. The number of carboxylic acids is 2. The number of fused-ring (bicyclic) bond motifs is 2. The first kappa shape index (κ1) is 79.4. The molecule has 1 atom stereocenters. The average molecular weight is 1250 g/mol. The van der Waals surface area contributed by atoms with Crippen LogP contribution in [0.4, 0.5) is 0 Å². The summed E-state index contributed by atoms with van der Waals surface area (Å²) in [6, 6.07) is 20.0. The van der Waals surface area contributed by atoms with Crippen LogP contribution < -0.4 is 37.8 Å². The van der Waals surface area contributed by atoms with E-state index in [1.807, 2.05) is 64.1 Å². The number of esters is 2. The minimum absolute atomic E-state index is 0. The van der Waals surface area contributed by atoms with E-state index in [0.29, 0.717) is 55.8 Å². The van der Waals surface area contributed by atoms with Crippen LogP contribution in [0.5, 0.6) is 46.0 Å². The molecule has 0 saturated heterocycles. The van der Waals surface area contributed by atoms with Gasteiger partial charge in [0.2, 0.25) is 20.8 Å². The smallest absolute Gasteiger partial charge is 0.870 e. The van der Waals surface area contributed by atoms with Crippen molar-refractivity contribution in [1.82, 2.24) is 0 Å². The third-order valence-electron chi connectivity index (χ3n) is 8.46. The van der Waals surface area contributed by atoms with E-state index in [-0.39, 0.29) is 93.4 Å². The van der Waals surface area contributed by atoms with Gasteiger partial charge in [-0.3, -0.25) is 19.2 Å². The van der Waals surface area contributed by atoms with E-state index in [4.69, 9.17) is 60.3 Å². The fourth-order valence-corrected chi connectivity index (χ4v) is 5.49. The minimum Gasteiger partial charge on any atom is -0.870 e. The topological polar surface area (TPSA) is 312 Å². The van der Waals surface area contributed by atoms with E-state index < -0.39 is 32.7 Å². The first-order valence-corrected chi connectivity index (χ1v) is 26.2. The van der Waals surface area contributed by atoms with E-state index in [1.165, 1.54) is 42.9 Å². The van der Waals surface area contributed by atoms with Gasteiger partial charge in [-0.25, -0.2) is 4.21 Å². The second-order valence-electron chi connectivity index (χ2n) is 14.8. The molecule has 0 bridgehead atoms. The van der Waals surface area contributed by atoms with Crippen molar-refractivity contribution in [2.24, 2.45) is 0 Å². The van der Waals surface area contributed by atoms with Crippen LogP contribution in [0.25, 0.3) is 0 Å². The Morgan fingerprint density at radius 1 is 0.600 bits per heavy atom. The molecule has 0 aliphatic carbocycles. The molecule has 0 amide bonds. The van der Waals surface area contributed by atoms with Crippen molar-refractivity contribution in [3.63, 3.8) is 0 Å². The molecule has 1 unspecified atom stereocenters. The standard InChI is InChI=1S/C13H16O4.C12H14O4.C10H12O4.C9H10O4.C2H5I.CH4O.CH5P.2CH4.Cl2OS.Li.H2O/c1-13(2)16-10-6-4-9(8-11(10)17-13)5-7-12(14)15-3;1-12(2)15-9-5-3-8(4-6-11(13)14)7-10(9)16-12;1-14-10(13)5-3-7-2-4-8(11)9(12)6-7;10-7-3-1-6(5-8(7)11)2-4-9(12)13;1-2-3;2*1-2;;;1-4(2)3;;/h4,6,8H,5,7H2,1-3H3;3,5,7H,4,6H2,1-2H3,(H,13,14);2,4,6,11-12H,3,5H2,1H3;1,3,5,10-11H,2,4H2,(H,12,13);2H2,1H3;2H,1H3;2H2,1H3;2*1H4;;;1H2/q;;;;;;;;;;+1;/p-1/i;;;;;;1D;;;;;. The van der Waals surface area contributed by atoms with Crippen LogP contribution in [-0.4, -0.2) is 113 Å². The van der Waals surface area contributed by atoms with Crippen LogP contribution in [0.1, 0.15) is 98.8 Å². The van der Waals surface area contributed by atoms with Crippen molar-refractivity contribution in [2.75, 3.05) is 32.4 Å². The second kappa shape index (κ2) is 44.7. The number of hydrogen-bond donors (Lipinski definition) is 7. The van der Waals surface area contributed by atoms with Crippen LogP contribution in [0.15, 0.2) is 72.8 Å². The fourth-order valence-electron chi connectivity index (χ4n) is 5.49. The molecular formula is C50H75Cl2ILiO19PS. The van der Waals surface area contributed by atoms with Gasteiger partial charge in [-0.15, -0.1) is 9.24 Å². The van der Waals surface area contributed by atoms with Gasteiger partial charge in [0, 0.05) is 83.2 Å². The number of aryl methyl sites for hydroxylation is 4. The van der Waals surface area contributed by atoms with Crippen LogP contribution in [0.3, 0.4) is 0 Å². The van der Waals surface area contributed by atoms with Gasteiger partial charge >= 0.3 is 42.7 Å². The molecule has 0 aromatic heterocycles. The van der Waals surface area contributed by atoms with Gasteiger partial charge in [-0.2, -0.15) is 0 Å². The monoisotopic (exact) mass is 1250 g/mol. The van der Waals surface area contributed by atoms with E-state index >= 15 is 0 Å². The Kier molecular flexibility index (Phi) is 47.3. The van der Waals surface area contributed by atoms with Crippen molar-refractivity contribution in [1.29, 1.82) is 0 Å². The van der Waals surface area contributed by atoms with Gasteiger partial charge in [0.05, 0.1) is 14.2 Å². The Morgan fingerprint density at radius 3 is 1.09 bits per heavy atom. The summed E-state index contributed by atoms with van der Waals surface area (Å²) in [5.74, 6) is -1.28. The zero-order valence-corrected chi connectivity index (χ0v) is 47.8. The van der Waals surface area contributed by atoms with Crippen LogP contribution in [0.2, 0.25) is 0 Å². The summed E-state index contributed by atoms with van der Waals surface area (Å²) in [7, 11) is 13.3. The summed E-state index contributed by atoms with van der Waals surface area (Å²) < 4.78 is 47.9. The number of carbonyl (C=O) groups excluding carboxylic acids is 2. The molecule has 0 saturated carbocycles. The van der Waals surface area contributed by atoms with Crippen LogP contribution >= 0.6 is 53.2 Å². The van der Waals surface area contributed by atoms with Crippen molar-refractivity contribution in [3.8, 4) is 46.0 Å². The maximum atomic E-state index is 11.0. The number of methoxy groups -OCH3 is 2. The number of ether oxygens (including phenoxy) is 6. The molecule has 25 heteroatoms. The molecule has 2 heterocycles. The number of aliphatic hydroxyl groups is 1. The van der Waals surface area contributed by atoms with Gasteiger partial charge in [-0.05, 0) is 101 Å². The number of halogens is 3. The quantitative estimate of drug-likeness (QED) is 0.0137. The Labute approximate surface area is 482 Å². The Hall–Kier alpha value is -4.43. The molecule has 0 spiro atoms. The number of alkyl halides is 1. The van der Waals surface area contributed by atoms with Crippen molar-refractivity contribution < 1.29 is 113 Å². The first-order chi connectivity index (χ1) is 33.7. The Bertz CT molecular complexity index is 2290. The third-order valence-corrected chi connectivity index (χ3v) is 8.46. The van der Waals surface area contributed by atoms with Gasteiger partial charge in [0.25, 0.3) is 0 Å². The molecule has 8 N–H and O–H groups in total.